The van der Waals surface area contributed by atoms with Crippen LogP contribution in [0.3, 0.4) is 0 Å². The van der Waals surface area contributed by atoms with Crippen LogP contribution in [0.2, 0.25) is 5.02 Å². The Labute approximate surface area is 121 Å². The molecule has 0 amide bonds. The lowest BCUT2D eigenvalue weighted by atomic mass is 10.1. The summed E-state index contributed by atoms with van der Waals surface area (Å²) in [6.07, 6.45) is 4.64. The van der Waals surface area contributed by atoms with E-state index < -0.39 is 5.97 Å². The van der Waals surface area contributed by atoms with E-state index in [1.807, 2.05) is 10.7 Å². The zero-order chi connectivity index (χ0) is 14.1. The lowest BCUT2D eigenvalue weighted by Crippen LogP contribution is -2.19. The van der Waals surface area contributed by atoms with Gasteiger partial charge in [-0.05, 0) is 37.0 Å². The Balaban J connectivity index is 2.06. The first kappa shape index (κ1) is 13.4. The van der Waals surface area contributed by atoms with Crippen LogP contribution < -0.4 is 0 Å². The summed E-state index contributed by atoms with van der Waals surface area (Å²) >= 11 is 6.10. The van der Waals surface area contributed by atoms with Crippen LogP contribution in [0.25, 0.3) is 10.9 Å². The van der Waals surface area contributed by atoms with Crippen molar-refractivity contribution in [3.63, 3.8) is 0 Å². The van der Waals surface area contributed by atoms with Gasteiger partial charge in [-0.25, -0.2) is 4.68 Å². The third-order valence-electron chi connectivity index (χ3n) is 3.54. The lowest BCUT2D eigenvalue weighted by Gasteiger charge is -2.23. The molecule has 2 heterocycles. The standard InChI is InChI=1S/C14H15ClN2O3/c15-10-5-9(6-14(18)19)11-8-16-17(12(11)7-10)13-3-1-2-4-20-13/h5,7-8,13H,1-4,6H2,(H,18,19). The molecule has 6 heteroatoms. The van der Waals surface area contributed by atoms with Gasteiger partial charge >= 0.3 is 5.97 Å². The molecule has 1 saturated heterocycles. The van der Waals surface area contributed by atoms with E-state index in [0.29, 0.717) is 10.6 Å². The highest BCUT2D eigenvalue weighted by atomic mass is 35.5. The van der Waals surface area contributed by atoms with Crippen LogP contribution in [0.4, 0.5) is 0 Å². The largest absolute Gasteiger partial charge is 0.481 e. The predicted molar refractivity (Wildman–Crippen MR) is 74.9 cm³/mol. The summed E-state index contributed by atoms with van der Waals surface area (Å²) in [5.41, 5.74) is 1.52. The molecule has 0 bridgehead atoms. The second-order valence-electron chi connectivity index (χ2n) is 4.98. The average molecular weight is 295 g/mol. The zero-order valence-electron chi connectivity index (χ0n) is 10.9. The summed E-state index contributed by atoms with van der Waals surface area (Å²) < 4.78 is 7.54. The van der Waals surface area contributed by atoms with Gasteiger partial charge in [0.25, 0.3) is 0 Å². The molecule has 106 valence electrons. The molecule has 20 heavy (non-hydrogen) atoms. The monoisotopic (exact) mass is 294 g/mol. The number of hydrogen-bond donors (Lipinski definition) is 1. The van der Waals surface area contributed by atoms with Crippen molar-refractivity contribution in [1.82, 2.24) is 9.78 Å². The molecular formula is C14H15ClN2O3. The second kappa shape index (κ2) is 5.42. The summed E-state index contributed by atoms with van der Waals surface area (Å²) in [7, 11) is 0. The molecule has 1 fully saturated rings. The highest BCUT2D eigenvalue weighted by Gasteiger charge is 2.20. The fourth-order valence-electron chi connectivity index (χ4n) is 2.63. The van der Waals surface area contributed by atoms with Crippen LogP contribution in [-0.2, 0) is 16.0 Å². The Hall–Kier alpha value is -1.59. The highest BCUT2D eigenvalue weighted by Crippen LogP contribution is 2.30. The maximum Gasteiger partial charge on any atom is 0.307 e. The second-order valence-corrected chi connectivity index (χ2v) is 5.42. The first-order chi connectivity index (χ1) is 9.65. The van der Waals surface area contributed by atoms with Crippen molar-refractivity contribution in [2.45, 2.75) is 31.9 Å². The fraction of sp³-hybridized carbons (Fsp3) is 0.429. The van der Waals surface area contributed by atoms with Crippen LogP contribution in [-0.4, -0.2) is 27.5 Å². The summed E-state index contributed by atoms with van der Waals surface area (Å²) in [6.45, 7) is 0.731. The van der Waals surface area contributed by atoms with Crippen molar-refractivity contribution < 1.29 is 14.6 Å². The number of ether oxygens (including phenoxy) is 1. The van der Waals surface area contributed by atoms with Gasteiger partial charge in [-0.15, -0.1) is 0 Å². The molecule has 0 spiro atoms. The molecule has 0 radical (unpaired) electrons. The molecular weight excluding hydrogens is 280 g/mol. The van der Waals surface area contributed by atoms with Crippen molar-refractivity contribution in [2.24, 2.45) is 0 Å². The van der Waals surface area contributed by atoms with E-state index in [4.69, 9.17) is 21.4 Å². The number of rotatable bonds is 3. The Morgan fingerprint density at radius 3 is 3.05 bits per heavy atom. The fourth-order valence-corrected chi connectivity index (χ4v) is 2.87. The van der Waals surface area contributed by atoms with E-state index >= 15 is 0 Å². The first-order valence-corrected chi connectivity index (χ1v) is 7.02. The molecule has 3 rings (SSSR count). The number of nitrogens with zero attached hydrogens (tertiary/aromatic N) is 2. The molecule has 1 aromatic carbocycles. The van der Waals surface area contributed by atoms with Crippen LogP contribution in [0, 0.1) is 0 Å². The molecule has 1 atom stereocenters. The number of carbonyl (C=O) groups is 1. The minimum Gasteiger partial charge on any atom is -0.481 e. The third-order valence-corrected chi connectivity index (χ3v) is 3.76. The van der Waals surface area contributed by atoms with Gasteiger partial charge in [0.05, 0.1) is 18.1 Å². The SMILES string of the molecule is O=C(O)Cc1cc(Cl)cc2c1cnn2C1CCCCO1. The van der Waals surface area contributed by atoms with Gasteiger partial charge < -0.3 is 9.84 Å². The Bertz CT molecular complexity index is 647. The van der Waals surface area contributed by atoms with Gasteiger partial charge in [0.15, 0.2) is 6.23 Å². The Morgan fingerprint density at radius 2 is 2.35 bits per heavy atom. The number of halogens is 1. The number of carboxylic acid groups (broad SMARTS) is 1. The van der Waals surface area contributed by atoms with Gasteiger partial charge in [-0.1, -0.05) is 11.6 Å². The lowest BCUT2D eigenvalue weighted by molar-refractivity contribution is -0.136. The number of fused-ring (bicyclic) bond motifs is 1. The molecule has 0 aliphatic carbocycles. The summed E-state index contributed by atoms with van der Waals surface area (Å²) in [4.78, 5) is 10.9. The molecule has 1 aliphatic rings. The number of aliphatic carboxylic acids is 1. The van der Waals surface area contributed by atoms with Crippen molar-refractivity contribution in [3.8, 4) is 0 Å². The van der Waals surface area contributed by atoms with Crippen LogP contribution in [0.1, 0.15) is 31.1 Å². The van der Waals surface area contributed by atoms with Crippen LogP contribution >= 0.6 is 11.6 Å². The molecule has 5 nitrogen and oxygen atoms in total. The minimum atomic E-state index is -0.879. The number of aromatic nitrogens is 2. The highest BCUT2D eigenvalue weighted by molar-refractivity contribution is 6.31. The maximum absolute atomic E-state index is 10.9. The van der Waals surface area contributed by atoms with Gasteiger partial charge in [-0.3, -0.25) is 4.79 Å². The van der Waals surface area contributed by atoms with Gasteiger partial charge in [0, 0.05) is 17.0 Å². The summed E-state index contributed by atoms with van der Waals surface area (Å²) in [6, 6.07) is 3.50. The third kappa shape index (κ3) is 2.51. The van der Waals surface area contributed by atoms with E-state index in [0.717, 1.165) is 36.8 Å². The van der Waals surface area contributed by atoms with E-state index in [1.54, 1.807) is 12.3 Å². The van der Waals surface area contributed by atoms with Crippen molar-refractivity contribution in [2.75, 3.05) is 6.61 Å². The number of carboxylic acids is 1. The predicted octanol–water partition coefficient (Wildman–Crippen LogP) is 3.02. The van der Waals surface area contributed by atoms with Gasteiger partial charge in [0.1, 0.15) is 0 Å². The number of hydrogen-bond acceptors (Lipinski definition) is 3. The average Bonchev–Trinajstić information content (AvgIpc) is 2.82. The van der Waals surface area contributed by atoms with E-state index in [-0.39, 0.29) is 12.6 Å². The van der Waals surface area contributed by atoms with Crippen molar-refractivity contribution >= 4 is 28.5 Å². The summed E-state index contributed by atoms with van der Waals surface area (Å²) in [5, 5.41) is 14.7. The molecule has 1 unspecified atom stereocenters. The van der Waals surface area contributed by atoms with Gasteiger partial charge in [-0.2, -0.15) is 5.10 Å². The summed E-state index contributed by atoms with van der Waals surface area (Å²) in [5.74, 6) is -0.879. The zero-order valence-corrected chi connectivity index (χ0v) is 11.6. The molecule has 1 aromatic heterocycles. The normalized spacial score (nSPS) is 19.4. The Kier molecular flexibility index (Phi) is 3.63. The first-order valence-electron chi connectivity index (χ1n) is 6.64. The minimum absolute atomic E-state index is 0.0612. The molecule has 1 N–H and O–H groups in total. The van der Waals surface area contributed by atoms with E-state index in [9.17, 15) is 4.79 Å². The van der Waals surface area contributed by atoms with Crippen LogP contribution in [0.15, 0.2) is 18.3 Å². The Morgan fingerprint density at radius 1 is 1.50 bits per heavy atom. The topological polar surface area (TPSA) is 64.3 Å². The van der Waals surface area contributed by atoms with E-state index in [1.165, 1.54) is 0 Å². The quantitative estimate of drug-likeness (QED) is 0.945. The van der Waals surface area contributed by atoms with E-state index in [2.05, 4.69) is 5.10 Å². The van der Waals surface area contributed by atoms with Crippen molar-refractivity contribution in [3.05, 3.63) is 28.9 Å². The molecule has 1 aliphatic heterocycles. The van der Waals surface area contributed by atoms with Gasteiger partial charge in [0.2, 0.25) is 0 Å². The maximum atomic E-state index is 10.9. The molecule has 0 saturated carbocycles. The smallest absolute Gasteiger partial charge is 0.307 e. The van der Waals surface area contributed by atoms with Crippen molar-refractivity contribution in [1.29, 1.82) is 0 Å². The molecule has 2 aromatic rings. The van der Waals surface area contributed by atoms with Crippen LogP contribution in [0.5, 0.6) is 0 Å². The number of benzene rings is 1.